The van der Waals surface area contributed by atoms with Crippen molar-refractivity contribution in [2.24, 2.45) is 5.73 Å². The first-order valence-electron chi connectivity index (χ1n) is 3.91. The summed E-state index contributed by atoms with van der Waals surface area (Å²) < 4.78 is 12.5. The van der Waals surface area contributed by atoms with Crippen molar-refractivity contribution in [3.05, 3.63) is 35.6 Å². The molecular formula is C9H11FN2S. The summed E-state index contributed by atoms with van der Waals surface area (Å²) in [5.41, 5.74) is 6.26. The predicted molar refractivity (Wildman–Crippen MR) is 54.7 cm³/mol. The monoisotopic (exact) mass is 198 g/mol. The highest BCUT2D eigenvalue weighted by Gasteiger charge is 2.04. The van der Waals surface area contributed by atoms with Gasteiger partial charge >= 0.3 is 0 Å². The number of hydrogen-bond acceptors (Lipinski definition) is 1. The highest BCUT2D eigenvalue weighted by Crippen LogP contribution is 2.12. The minimum atomic E-state index is -0.244. The molecule has 0 heterocycles. The number of benzene rings is 1. The molecule has 0 aliphatic carbocycles. The second-order valence-electron chi connectivity index (χ2n) is 2.78. The van der Waals surface area contributed by atoms with E-state index in [-0.39, 0.29) is 17.0 Å². The lowest BCUT2D eigenvalue weighted by Gasteiger charge is -2.13. The Morgan fingerprint density at radius 3 is 2.46 bits per heavy atom. The Bertz CT molecular complexity index is 297. The quantitative estimate of drug-likeness (QED) is 0.711. The summed E-state index contributed by atoms with van der Waals surface area (Å²) in [5, 5.41) is 3.11. The number of rotatable bonds is 2. The van der Waals surface area contributed by atoms with E-state index in [1.165, 1.54) is 12.1 Å². The maximum absolute atomic E-state index is 12.5. The topological polar surface area (TPSA) is 38.0 Å². The molecule has 0 amide bonds. The smallest absolute Gasteiger partial charge is 0.164 e. The van der Waals surface area contributed by atoms with Crippen molar-refractivity contribution in [1.29, 1.82) is 0 Å². The molecule has 3 N–H and O–H groups in total. The molecule has 1 atom stereocenters. The second kappa shape index (κ2) is 4.18. The zero-order valence-electron chi connectivity index (χ0n) is 7.25. The third-order valence-corrected chi connectivity index (χ3v) is 1.85. The lowest BCUT2D eigenvalue weighted by atomic mass is 10.1. The third-order valence-electron chi connectivity index (χ3n) is 1.73. The average Bonchev–Trinajstić information content (AvgIpc) is 2.04. The lowest BCUT2D eigenvalue weighted by molar-refractivity contribution is 0.624. The molecule has 0 aliphatic heterocycles. The summed E-state index contributed by atoms with van der Waals surface area (Å²) in [6.45, 7) is 1.91. The van der Waals surface area contributed by atoms with Crippen LogP contribution in [0.15, 0.2) is 24.3 Å². The first kappa shape index (κ1) is 9.92. The van der Waals surface area contributed by atoms with Crippen LogP contribution in [0.25, 0.3) is 0 Å². The Balaban J connectivity index is 2.71. The largest absolute Gasteiger partial charge is 0.376 e. The highest BCUT2D eigenvalue weighted by atomic mass is 32.1. The van der Waals surface area contributed by atoms with Crippen LogP contribution in [0.2, 0.25) is 0 Å². The fourth-order valence-corrected chi connectivity index (χ4v) is 1.22. The Hall–Kier alpha value is -1.16. The van der Waals surface area contributed by atoms with Crippen LogP contribution in [-0.2, 0) is 0 Å². The number of halogens is 1. The first-order valence-corrected chi connectivity index (χ1v) is 4.32. The van der Waals surface area contributed by atoms with Crippen LogP contribution in [0.3, 0.4) is 0 Å². The van der Waals surface area contributed by atoms with Crippen LogP contribution < -0.4 is 11.1 Å². The van der Waals surface area contributed by atoms with Crippen molar-refractivity contribution >= 4 is 17.3 Å². The molecule has 1 aromatic carbocycles. The van der Waals surface area contributed by atoms with Crippen LogP contribution in [-0.4, -0.2) is 5.11 Å². The minimum absolute atomic E-state index is 0.0121. The normalized spacial score (nSPS) is 12.2. The van der Waals surface area contributed by atoms with E-state index in [2.05, 4.69) is 5.32 Å². The predicted octanol–water partition coefficient (Wildman–Crippen LogP) is 1.72. The van der Waals surface area contributed by atoms with Gasteiger partial charge in [-0.1, -0.05) is 12.1 Å². The molecule has 0 bridgehead atoms. The van der Waals surface area contributed by atoms with Gasteiger partial charge < -0.3 is 11.1 Å². The third kappa shape index (κ3) is 2.99. The number of nitrogens with one attached hydrogen (secondary N) is 1. The van der Waals surface area contributed by atoms with Crippen molar-refractivity contribution < 1.29 is 4.39 Å². The van der Waals surface area contributed by atoms with Gasteiger partial charge in [-0.3, -0.25) is 0 Å². The van der Waals surface area contributed by atoms with Crippen molar-refractivity contribution in [2.45, 2.75) is 13.0 Å². The van der Waals surface area contributed by atoms with Crippen molar-refractivity contribution in [2.75, 3.05) is 0 Å². The number of nitrogens with two attached hydrogens (primary N) is 1. The molecule has 1 rings (SSSR count). The molecule has 0 radical (unpaired) electrons. The molecule has 1 aromatic rings. The molecule has 0 saturated heterocycles. The zero-order valence-corrected chi connectivity index (χ0v) is 8.07. The van der Waals surface area contributed by atoms with Gasteiger partial charge in [0.15, 0.2) is 5.11 Å². The molecular weight excluding hydrogens is 187 g/mol. The molecule has 0 fully saturated rings. The Morgan fingerprint density at radius 1 is 1.46 bits per heavy atom. The van der Waals surface area contributed by atoms with Crippen LogP contribution in [0.4, 0.5) is 4.39 Å². The maximum Gasteiger partial charge on any atom is 0.164 e. The number of hydrogen-bond donors (Lipinski definition) is 2. The number of thiocarbonyl (C=S) groups is 1. The van der Waals surface area contributed by atoms with Crippen LogP contribution in [0.1, 0.15) is 18.5 Å². The average molecular weight is 198 g/mol. The zero-order chi connectivity index (χ0) is 9.84. The van der Waals surface area contributed by atoms with E-state index in [4.69, 9.17) is 18.0 Å². The molecule has 70 valence electrons. The van der Waals surface area contributed by atoms with E-state index in [1.54, 1.807) is 12.1 Å². The van der Waals surface area contributed by atoms with Crippen molar-refractivity contribution in [1.82, 2.24) is 5.32 Å². The van der Waals surface area contributed by atoms with Crippen molar-refractivity contribution in [3.8, 4) is 0 Å². The molecule has 1 unspecified atom stereocenters. The summed E-state index contributed by atoms with van der Waals surface area (Å²) in [6, 6.07) is 6.23. The van der Waals surface area contributed by atoms with Gasteiger partial charge in [-0.2, -0.15) is 0 Å². The highest BCUT2D eigenvalue weighted by molar-refractivity contribution is 7.80. The van der Waals surface area contributed by atoms with Crippen LogP contribution >= 0.6 is 12.2 Å². The fourth-order valence-electron chi connectivity index (χ4n) is 1.05. The van der Waals surface area contributed by atoms with E-state index < -0.39 is 0 Å². The molecule has 0 aliphatic rings. The van der Waals surface area contributed by atoms with E-state index in [1.807, 2.05) is 6.92 Å². The van der Waals surface area contributed by atoms with Gasteiger partial charge in [0.1, 0.15) is 5.82 Å². The SMILES string of the molecule is CC(NC(N)=S)c1ccc(F)cc1. The van der Waals surface area contributed by atoms with E-state index in [0.717, 1.165) is 5.56 Å². The Kier molecular flexibility index (Phi) is 3.19. The van der Waals surface area contributed by atoms with Crippen molar-refractivity contribution in [3.63, 3.8) is 0 Å². The lowest BCUT2D eigenvalue weighted by Crippen LogP contribution is -2.31. The van der Waals surface area contributed by atoms with Gasteiger partial charge in [-0.05, 0) is 36.8 Å². The molecule has 4 heteroatoms. The Labute approximate surface area is 81.9 Å². The van der Waals surface area contributed by atoms with Gasteiger partial charge in [0.25, 0.3) is 0 Å². The van der Waals surface area contributed by atoms with Gasteiger partial charge in [-0.25, -0.2) is 4.39 Å². The molecule has 2 nitrogen and oxygen atoms in total. The fraction of sp³-hybridized carbons (Fsp3) is 0.222. The summed E-state index contributed by atoms with van der Waals surface area (Å²) in [4.78, 5) is 0. The van der Waals surface area contributed by atoms with Gasteiger partial charge in [0, 0.05) is 0 Å². The molecule has 0 saturated carbocycles. The summed E-state index contributed by atoms with van der Waals surface area (Å²) >= 11 is 4.69. The maximum atomic E-state index is 12.5. The standard InChI is InChI=1S/C9H11FN2S/c1-6(12-9(11)13)7-2-4-8(10)5-3-7/h2-6H,1H3,(H3,11,12,13). The van der Waals surface area contributed by atoms with E-state index in [0.29, 0.717) is 0 Å². The first-order chi connectivity index (χ1) is 6.09. The van der Waals surface area contributed by atoms with Crippen LogP contribution in [0, 0.1) is 5.82 Å². The molecule has 13 heavy (non-hydrogen) atoms. The minimum Gasteiger partial charge on any atom is -0.376 e. The van der Waals surface area contributed by atoms with Gasteiger partial charge in [0.05, 0.1) is 6.04 Å². The van der Waals surface area contributed by atoms with Crippen LogP contribution in [0.5, 0.6) is 0 Å². The molecule has 0 aromatic heterocycles. The summed E-state index contributed by atoms with van der Waals surface area (Å²) in [7, 11) is 0. The molecule has 0 spiro atoms. The van der Waals surface area contributed by atoms with E-state index in [9.17, 15) is 4.39 Å². The summed E-state index contributed by atoms with van der Waals surface area (Å²) in [6.07, 6.45) is 0. The Morgan fingerprint density at radius 2 is 2.00 bits per heavy atom. The van der Waals surface area contributed by atoms with Gasteiger partial charge in [0.2, 0.25) is 0 Å². The van der Waals surface area contributed by atoms with E-state index >= 15 is 0 Å². The summed E-state index contributed by atoms with van der Waals surface area (Å²) in [5.74, 6) is -0.244. The van der Waals surface area contributed by atoms with Gasteiger partial charge in [-0.15, -0.1) is 0 Å². The second-order valence-corrected chi connectivity index (χ2v) is 3.22.